The highest BCUT2D eigenvalue weighted by Crippen LogP contribution is 2.18. The van der Waals surface area contributed by atoms with E-state index in [0.717, 1.165) is 18.4 Å². The molecule has 0 bridgehead atoms. The predicted octanol–water partition coefficient (Wildman–Crippen LogP) is 4.14. The monoisotopic (exact) mass is 277 g/mol. The van der Waals surface area contributed by atoms with Crippen LogP contribution in [0.1, 0.15) is 45.2 Å². The molecule has 0 aliphatic rings. The van der Waals surface area contributed by atoms with Crippen molar-refractivity contribution in [3.63, 3.8) is 0 Å². The fourth-order valence-corrected chi connectivity index (χ4v) is 1.77. The van der Waals surface area contributed by atoms with E-state index in [1.807, 2.05) is 46.9 Å². The van der Waals surface area contributed by atoms with Gasteiger partial charge in [-0.2, -0.15) is 0 Å². The first-order chi connectivity index (χ1) is 9.58. The van der Waals surface area contributed by atoms with Gasteiger partial charge in [0, 0.05) is 18.2 Å². The van der Waals surface area contributed by atoms with E-state index in [4.69, 9.17) is 4.74 Å². The number of pyridine rings is 1. The highest BCUT2D eigenvalue weighted by molar-refractivity contribution is 5.91. The van der Waals surface area contributed by atoms with E-state index >= 15 is 0 Å². The zero-order valence-electron chi connectivity index (χ0n) is 13.6. The molecule has 0 aliphatic heterocycles. The molecule has 1 heterocycles. The summed E-state index contributed by atoms with van der Waals surface area (Å²) in [5.41, 5.74) is 2.34. The molecule has 0 spiro atoms. The fraction of sp³-hybridized carbons (Fsp3) is 0.529. The van der Waals surface area contributed by atoms with Crippen molar-refractivity contribution in [3.8, 4) is 5.88 Å². The molecule has 0 amide bonds. The van der Waals surface area contributed by atoms with E-state index in [-0.39, 0.29) is 11.7 Å². The van der Waals surface area contributed by atoms with Crippen molar-refractivity contribution >= 4 is 5.78 Å². The van der Waals surface area contributed by atoms with Crippen LogP contribution in [0.2, 0.25) is 0 Å². The first kappa shape index (κ1) is 18.4. The van der Waals surface area contributed by atoms with Gasteiger partial charge < -0.3 is 4.74 Å². The van der Waals surface area contributed by atoms with Gasteiger partial charge in [-0.15, -0.1) is 0 Å². The summed E-state index contributed by atoms with van der Waals surface area (Å²) in [6, 6.07) is 1.95. The first-order valence-corrected chi connectivity index (χ1v) is 7.24. The van der Waals surface area contributed by atoms with Crippen LogP contribution in [0, 0.1) is 12.8 Å². The summed E-state index contributed by atoms with van der Waals surface area (Å²) < 4.78 is 5.11. The lowest BCUT2D eigenvalue weighted by atomic mass is 9.96. The van der Waals surface area contributed by atoms with Gasteiger partial charge in [0.2, 0.25) is 5.88 Å². The topological polar surface area (TPSA) is 39.2 Å². The van der Waals surface area contributed by atoms with Crippen LogP contribution in [0.25, 0.3) is 0 Å². The van der Waals surface area contributed by atoms with Crippen molar-refractivity contribution in [1.82, 2.24) is 4.98 Å². The maximum atomic E-state index is 11.6. The molecule has 0 saturated heterocycles. The van der Waals surface area contributed by atoms with Gasteiger partial charge in [-0.05, 0) is 43.9 Å². The minimum Gasteiger partial charge on any atom is -0.481 e. The largest absolute Gasteiger partial charge is 0.481 e. The number of carbonyl (C=O) groups is 1. The number of ketones is 1. The van der Waals surface area contributed by atoms with E-state index < -0.39 is 0 Å². The van der Waals surface area contributed by atoms with E-state index in [2.05, 4.69) is 4.98 Å². The lowest BCUT2D eigenvalue weighted by Crippen LogP contribution is -2.09. The average Bonchev–Trinajstić information content (AvgIpc) is 2.48. The van der Waals surface area contributed by atoms with Crippen molar-refractivity contribution in [3.05, 3.63) is 35.5 Å². The first-order valence-electron chi connectivity index (χ1n) is 7.24. The molecule has 0 radical (unpaired) electrons. The number of rotatable bonds is 6. The number of aromatic nitrogens is 1. The fourth-order valence-electron chi connectivity index (χ4n) is 1.77. The highest BCUT2D eigenvalue weighted by Gasteiger charge is 2.11. The maximum Gasteiger partial charge on any atom is 0.213 e. The smallest absolute Gasteiger partial charge is 0.213 e. The summed E-state index contributed by atoms with van der Waals surface area (Å²) in [5, 5.41) is 0. The van der Waals surface area contributed by atoms with Crippen LogP contribution in [0.15, 0.2) is 24.4 Å². The van der Waals surface area contributed by atoms with Crippen LogP contribution in [-0.4, -0.2) is 17.9 Å². The minimum absolute atomic E-state index is 0.0553. The third-order valence-corrected chi connectivity index (χ3v) is 3.06. The summed E-state index contributed by atoms with van der Waals surface area (Å²) in [7, 11) is 1.61. The number of carbonyl (C=O) groups excluding carboxylic acids is 1. The second kappa shape index (κ2) is 10.2. The molecule has 3 nitrogen and oxygen atoms in total. The molecule has 20 heavy (non-hydrogen) atoms. The Labute approximate surface area is 123 Å². The van der Waals surface area contributed by atoms with Crippen molar-refractivity contribution in [1.29, 1.82) is 0 Å². The van der Waals surface area contributed by atoms with Gasteiger partial charge in [0.25, 0.3) is 0 Å². The van der Waals surface area contributed by atoms with Gasteiger partial charge in [0.1, 0.15) is 0 Å². The Kier molecular flexibility index (Phi) is 9.35. The second-order valence-corrected chi connectivity index (χ2v) is 4.50. The van der Waals surface area contributed by atoms with Gasteiger partial charge in [0.15, 0.2) is 5.78 Å². The SMILES string of the molecule is CC.CC=CC(=O)C(C)CCc1cc(OC)ncc1C. The van der Waals surface area contributed by atoms with Gasteiger partial charge in [-0.3, -0.25) is 4.79 Å². The average molecular weight is 277 g/mol. The Bertz CT molecular complexity index is 439. The predicted molar refractivity (Wildman–Crippen MR) is 84.2 cm³/mol. The maximum absolute atomic E-state index is 11.6. The van der Waals surface area contributed by atoms with Crippen LogP contribution >= 0.6 is 0 Å². The standard InChI is InChI=1S/C15H21NO2.C2H6/c1-5-6-14(17)11(2)7-8-13-9-15(18-4)16-10-12(13)3;1-2/h5-6,9-11H,7-8H2,1-4H3;1-2H3. The quantitative estimate of drug-likeness (QED) is 0.734. The lowest BCUT2D eigenvalue weighted by molar-refractivity contribution is -0.117. The Morgan fingerprint density at radius 1 is 1.45 bits per heavy atom. The van der Waals surface area contributed by atoms with Crippen molar-refractivity contribution < 1.29 is 9.53 Å². The molecule has 112 valence electrons. The molecule has 1 aromatic heterocycles. The van der Waals surface area contributed by atoms with Crippen LogP contribution in [-0.2, 0) is 11.2 Å². The molecule has 1 atom stereocenters. The van der Waals surface area contributed by atoms with Crippen LogP contribution in [0.5, 0.6) is 5.88 Å². The number of methoxy groups -OCH3 is 1. The zero-order chi connectivity index (χ0) is 15.5. The van der Waals surface area contributed by atoms with Gasteiger partial charge in [-0.1, -0.05) is 26.8 Å². The normalized spacial score (nSPS) is 11.7. The zero-order valence-corrected chi connectivity index (χ0v) is 13.6. The van der Waals surface area contributed by atoms with E-state index in [9.17, 15) is 4.79 Å². The number of aryl methyl sites for hydroxylation is 2. The summed E-state index contributed by atoms with van der Waals surface area (Å²) in [6.07, 6.45) is 6.96. The van der Waals surface area contributed by atoms with Crippen LogP contribution in [0.3, 0.4) is 0 Å². The van der Waals surface area contributed by atoms with E-state index in [1.54, 1.807) is 19.3 Å². The van der Waals surface area contributed by atoms with Gasteiger partial charge >= 0.3 is 0 Å². The van der Waals surface area contributed by atoms with Crippen molar-refractivity contribution in [2.75, 3.05) is 7.11 Å². The third kappa shape index (κ3) is 6.00. The van der Waals surface area contributed by atoms with Crippen LogP contribution in [0.4, 0.5) is 0 Å². The molecule has 0 aliphatic carbocycles. The number of ether oxygens (including phenoxy) is 1. The summed E-state index contributed by atoms with van der Waals surface area (Å²) >= 11 is 0. The molecule has 1 rings (SSSR count). The number of hydrogen-bond donors (Lipinski definition) is 0. The minimum atomic E-state index is 0.0553. The molecule has 0 fully saturated rings. The highest BCUT2D eigenvalue weighted by atomic mass is 16.5. The second-order valence-electron chi connectivity index (χ2n) is 4.50. The van der Waals surface area contributed by atoms with Crippen molar-refractivity contribution in [2.45, 2.75) is 47.5 Å². The molecule has 0 saturated carbocycles. The third-order valence-electron chi connectivity index (χ3n) is 3.06. The number of nitrogens with zero attached hydrogens (tertiary/aromatic N) is 1. The van der Waals surface area contributed by atoms with Gasteiger partial charge in [0.05, 0.1) is 7.11 Å². The molecule has 0 aromatic carbocycles. The summed E-state index contributed by atoms with van der Waals surface area (Å²) in [6.45, 7) is 9.86. The molecule has 1 aromatic rings. The summed E-state index contributed by atoms with van der Waals surface area (Å²) in [5.74, 6) is 0.874. The molecule has 0 N–H and O–H groups in total. The van der Waals surface area contributed by atoms with Gasteiger partial charge in [-0.25, -0.2) is 4.98 Å². The summed E-state index contributed by atoms with van der Waals surface area (Å²) in [4.78, 5) is 15.8. The molecule has 3 heteroatoms. The molecule has 1 unspecified atom stereocenters. The van der Waals surface area contributed by atoms with Crippen molar-refractivity contribution in [2.24, 2.45) is 5.92 Å². The Morgan fingerprint density at radius 2 is 2.10 bits per heavy atom. The van der Waals surface area contributed by atoms with E-state index in [1.165, 1.54) is 5.56 Å². The molecular weight excluding hydrogens is 250 g/mol. The molecular formula is C17H27NO2. The Hall–Kier alpha value is -1.64. The van der Waals surface area contributed by atoms with E-state index in [0.29, 0.717) is 5.88 Å². The Balaban J connectivity index is 0.00000172. The van der Waals surface area contributed by atoms with Crippen LogP contribution < -0.4 is 4.74 Å². The Morgan fingerprint density at radius 3 is 2.65 bits per heavy atom. The lowest BCUT2D eigenvalue weighted by Gasteiger charge is -2.10. The number of allylic oxidation sites excluding steroid dienone is 2. The number of hydrogen-bond acceptors (Lipinski definition) is 3.